The molecule has 1 saturated heterocycles. The molecule has 6 heteroatoms. The summed E-state index contributed by atoms with van der Waals surface area (Å²) in [6.07, 6.45) is 5.55. The van der Waals surface area contributed by atoms with Crippen LogP contribution in [0.25, 0.3) is 22.2 Å². The summed E-state index contributed by atoms with van der Waals surface area (Å²) in [6, 6.07) is 16.3. The van der Waals surface area contributed by atoms with Gasteiger partial charge >= 0.3 is 0 Å². The monoisotopic (exact) mass is 418 g/mol. The normalized spacial score (nSPS) is 17.5. The van der Waals surface area contributed by atoms with Gasteiger partial charge in [0.1, 0.15) is 6.10 Å². The van der Waals surface area contributed by atoms with Crippen LogP contribution in [0.15, 0.2) is 67.1 Å². The highest BCUT2D eigenvalue weighted by molar-refractivity contribution is 6.30. The first-order chi connectivity index (χ1) is 14.7. The molecular formula is C24H23ClN4O. The number of benzene rings is 2. The summed E-state index contributed by atoms with van der Waals surface area (Å²) in [5.74, 6) is 0. The van der Waals surface area contributed by atoms with Crippen LogP contribution >= 0.6 is 11.6 Å². The molecule has 3 heterocycles. The van der Waals surface area contributed by atoms with E-state index in [1.54, 1.807) is 12.4 Å². The van der Waals surface area contributed by atoms with E-state index in [0.29, 0.717) is 11.6 Å². The molecule has 0 N–H and O–H groups in total. The van der Waals surface area contributed by atoms with E-state index in [2.05, 4.69) is 56.9 Å². The van der Waals surface area contributed by atoms with Gasteiger partial charge in [0.05, 0.1) is 18.0 Å². The number of fused-ring (bicyclic) bond motifs is 1. The number of halogens is 1. The first-order valence-corrected chi connectivity index (χ1v) is 10.5. The molecule has 1 aliphatic heterocycles. The average Bonchev–Trinajstić information content (AvgIpc) is 3.09. The van der Waals surface area contributed by atoms with Crippen molar-refractivity contribution in [2.24, 2.45) is 7.05 Å². The SMILES string of the molecule is Cn1cc(CN2CCOC(c3nccnc3-c3cccc(Cl)c3)C2)c2ccccc21. The molecule has 0 saturated carbocycles. The molecule has 30 heavy (non-hydrogen) atoms. The van der Waals surface area contributed by atoms with Crippen molar-refractivity contribution in [3.05, 3.63) is 83.4 Å². The molecule has 152 valence electrons. The third-order valence-corrected chi connectivity index (χ3v) is 5.89. The number of aryl methyl sites for hydroxylation is 1. The largest absolute Gasteiger partial charge is 0.369 e. The molecule has 4 aromatic rings. The predicted octanol–water partition coefficient (Wildman–Crippen LogP) is 4.86. The van der Waals surface area contributed by atoms with Gasteiger partial charge in [-0.3, -0.25) is 14.9 Å². The Morgan fingerprint density at radius 3 is 2.87 bits per heavy atom. The van der Waals surface area contributed by atoms with Gasteiger partial charge in [-0.25, -0.2) is 0 Å². The van der Waals surface area contributed by atoms with Crippen LogP contribution in [-0.4, -0.2) is 39.1 Å². The molecular weight excluding hydrogens is 396 g/mol. The zero-order valence-corrected chi connectivity index (χ0v) is 17.6. The van der Waals surface area contributed by atoms with Crippen LogP contribution in [0.2, 0.25) is 5.02 Å². The summed E-state index contributed by atoms with van der Waals surface area (Å²) >= 11 is 6.21. The molecule has 0 spiro atoms. The average molecular weight is 419 g/mol. The van der Waals surface area contributed by atoms with Crippen LogP contribution in [0.1, 0.15) is 17.4 Å². The van der Waals surface area contributed by atoms with Gasteiger partial charge in [-0.05, 0) is 23.8 Å². The molecule has 0 bridgehead atoms. The minimum absolute atomic E-state index is 0.128. The highest BCUT2D eigenvalue weighted by Gasteiger charge is 2.27. The molecule has 1 unspecified atom stereocenters. The summed E-state index contributed by atoms with van der Waals surface area (Å²) in [5.41, 5.74) is 5.25. The Hall–Kier alpha value is -2.73. The number of nitrogens with zero attached hydrogens (tertiary/aromatic N) is 4. The number of para-hydroxylation sites is 1. The second-order valence-electron chi connectivity index (χ2n) is 7.68. The van der Waals surface area contributed by atoms with Crippen LogP contribution in [0.5, 0.6) is 0 Å². The highest BCUT2D eigenvalue weighted by atomic mass is 35.5. The minimum atomic E-state index is -0.128. The summed E-state index contributed by atoms with van der Waals surface area (Å²) in [5, 5.41) is 1.99. The topological polar surface area (TPSA) is 43.2 Å². The van der Waals surface area contributed by atoms with Gasteiger partial charge in [0.25, 0.3) is 0 Å². The summed E-state index contributed by atoms with van der Waals surface area (Å²) in [4.78, 5) is 11.7. The Kier molecular flexibility index (Phi) is 5.25. The van der Waals surface area contributed by atoms with E-state index in [9.17, 15) is 0 Å². The molecule has 5 rings (SSSR count). The zero-order valence-electron chi connectivity index (χ0n) is 16.8. The van der Waals surface area contributed by atoms with E-state index in [0.717, 1.165) is 36.6 Å². The van der Waals surface area contributed by atoms with Crippen molar-refractivity contribution in [3.63, 3.8) is 0 Å². The quantitative estimate of drug-likeness (QED) is 0.474. The van der Waals surface area contributed by atoms with Gasteiger partial charge in [0.15, 0.2) is 0 Å². The van der Waals surface area contributed by atoms with Crippen molar-refractivity contribution in [1.29, 1.82) is 0 Å². The van der Waals surface area contributed by atoms with Crippen molar-refractivity contribution in [1.82, 2.24) is 19.4 Å². The standard InChI is InChI=1S/C24H23ClN4O/c1-28-14-18(20-7-2-3-8-21(20)28)15-29-11-12-30-22(16-29)24-23(26-9-10-27-24)17-5-4-6-19(25)13-17/h2-10,13-14,22H,11-12,15-16H2,1H3. The smallest absolute Gasteiger partial charge is 0.114 e. The molecule has 1 fully saturated rings. The lowest BCUT2D eigenvalue weighted by Gasteiger charge is -2.33. The number of hydrogen-bond acceptors (Lipinski definition) is 4. The van der Waals surface area contributed by atoms with Crippen LogP contribution in [0.4, 0.5) is 0 Å². The first-order valence-electron chi connectivity index (χ1n) is 10.1. The van der Waals surface area contributed by atoms with E-state index in [4.69, 9.17) is 16.3 Å². The third-order valence-electron chi connectivity index (χ3n) is 5.65. The van der Waals surface area contributed by atoms with Gasteiger partial charge in [-0.1, -0.05) is 41.9 Å². The lowest BCUT2D eigenvalue weighted by molar-refractivity contribution is -0.0347. The van der Waals surface area contributed by atoms with Crippen molar-refractivity contribution in [2.45, 2.75) is 12.6 Å². The fraction of sp³-hybridized carbons (Fsp3) is 0.250. The minimum Gasteiger partial charge on any atom is -0.369 e. The van der Waals surface area contributed by atoms with E-state index in [-0.39, 0.29) is 6.10 Å². The molecule has 5 nitrogen and oxygen atoms in total. The number of rotatable bonds is 4. The summed E-state index contributed by atoms with van der Waals surface area (Å²) < 4.78 is 8.33. The molecule has 1 aliphatic rings. The predicted molar refractivity (Wildman–Crippen MR) is 119 cm³/mol. The lowest BCUT2D eigenvalue weighted by atomic mass is 10.0. The van der Waals surface area contributed by atoms with Crippen LogP contribution in [0, 0.1) is 0 Å². The molecule has 0 radical (unpaired) electrons. The number of ether oxygens (including phenoxy) is 1. The number of morpholine rings is 1. The Balaban J connectivity index is 1.41. The van der Waals surface area contributed by atoms with E-state index in [1.807, 2.05) is 24.3 Å². The van der Waals surface area contributed by atoms with Crippen LogP contribution < -0.4 is 0 Å². The second-order valence-corrected chi connectivity index (χ2v) is 8.11. The van der Waals surface area contributed by atoms with Gasteiger partial charge < -0.3 is 9.30 Å². The van der Waals surface area contributed by atoms with E-state index < -0.39 is 0 Å². The van der Waals surface area contributed by atoms with Gasteiger partial charge in [0.2, 0.25) is 0 Å². The summed E-state index contributed by atoms with van der Waals surface area (Å²) in [7, 11) is 2.10. The van der Waals surface area contributed by atoms with E-state index in [1.165, 1.54) is 16.5 Å². The van der Waals surface area contributed by atoms with Crippen molar-refractivity contribution >= 4 is 22.5 Å². The maximum atomic E-state index is 6.21. The maximum Gasteiger partial charge on any atom is 0.114 e. The number of hydrogen-bond donors (Lipinski definition) is 0. The third kappa shape index (κ3) is 3.72. The van der Waals surface area contributed by atoms with Gasteiger partial charge in [-0.2, -0.15) is 0 Å². The van der Waals surface area contributed by atoms with Crippen LogP contribution in [0.3, 0.4) is 0 Å². The zero-order chi connectivity index (χ0) is 20.5. The molecule has 2 aromatic carbocycles. The molecule has 0 amide bonds. The van der Waals surface area contributed by atoms with Gasteiger partial charge in [0, 0.05) is 66.8 Å². The van der Waals surface area contributed by atoms with Gasteiger partial charge in [-0.15, -0.1) is 0 Å². The van der Waals surface area contributed by atoms with Crippen molar-refractivity contribution in [3.8, 4) is 11.3 Å². The van der Waals surface area contributed by atoms with Crippen molar-refractivity contribution < 1.29 is 4.74 Å². The Morgan fingerprint density at radius 1 is 1.10 bits per heavy atom. The Labute approximate surface area is 180 Å². The second kappa shape index (κ2) is 8.19. The lowest BCUT2D eigenvalue weighted by Crippen LogP contribution is -2.38. The Bertz CT molecular complexity index is 1190. The molecule has 2 aromatic heterocycles. The maximum absolute atomic E-state index is 6.21. The highest BCUT2D eigenvalue weighted by Crippen LogP contribution is 2.31. The fourth-order valence-electron chi connectivity index (χ4n) is 4.25. The first kappa shape index (κ1) is 19.2. The molecule has 1 atom stereocenters. The summed E-state index contributed by atoms with van der Waals surface area (Å²) in [6.45, 7) is 3.22. The van der Waals surface area contributed by atoms with Crippen LogP contribution in [-0.2, 0) is 18.3 Å². The van der Waals surface area contributed by atoms with E-state index >= 15 is 0 Å². The van der Waals surface area contributed by atoms with Crippen molar-refractivity contribution in [2.75, 3.05) is 19.7 Å². The number of aromatic nitrogens is 3. The Morgan fingerprint density at radius 2 is 1.97 bits per heavy atom. The fourth-order valence-corrected chi connectivity index (χ4v) is 4.44. The molecule has 0 aliphatic carbocycles.